The molecule has 5 nitrogen and oxygen atoms in total. The Labute approximate surface area is 160 Å². The van der Waals surface area contributed by atoms with E-state index in [4.69, 9.17) is 4.74 Å². The molecule has 3 aliphatic rings. The van der Waals surface area contributed by atoms with E-state index in [-0.39, 0.29) is 11.6 Å². The molecule has 1 amide bonds. The molecule has 0 aliphatic carbocycles. The van der Waals surface area contributed by atoms with Gasteiger partial charge in [-0.1, -0.05) is 0 Å². The second kappa shape index (κ2) is 7.56. The lowest BCUT2D eigenvalue weighted by Gasteiger charge is -2.39. The minimum Gasteiger partial charge on any atom is -0.376 e. The van der Waals surface area contributed by atoms with E-state index >= 15 is 0 Å². The van der Waals surface area contributed by atoms with Crippen molar-refractivity contribution in [2.24, 2.45) is 0 Å². The van der Waals surface area contributed by atoms with Gasteiger partial charge in [0.15, 0.2) is 0 Å². The summed E-state index contributed by atoms with van der Waals surface area (Å²) in [5.41, 5.74) is 1.26. The van der Waals surface area contributed by atoms with Crippen LogP contribution in [0, 0.1) is 13.8 Å². The zero-order valence-corrected chi connectivity index (χ0v) is 16.9. The Morgan fingerprint density at radius 1 is 1.23 bits per heavy atom. The summed E-state index contributed by atoms with van der Waals surface area (Å²) in [7, 11) is 0. The minimum atomic E-state index is 0.0798. The summed E-state index contributed by atoms with van der Waals surface area (Å²) < 4.78 is 5.83. The Bertz CT molecular complexity index is 655. The number of aryl methyl sites for hydroxylation is 2. The second-order valence-electron chi connectivity index (χ2n) is 8.23. The molecule has 0 N–H and O–H groups in total. The van der Waals surface area contributed by atoms with Crippen LogP contribution in [-0.2, 0) is 16.1 Å². The zero-order chi connectivity index (χ0) is 18.1. The van der Waals surface area contributed by atoms with Gasteiger partial charge in [-0.15, -0.1) is 11.3 Å². The van der Waals surface area contributed by atoms with Crippen molar-refractivity contribution >= 4 is 17.2 Å². The van der Waals surface area contributed by atoms with Crippen molar-refractivity contribution in [2.75, 3.05) is 26.2 Å². The van der Waals surface area contributed by atoms with Crippen LogP contribution in [-0.4, -0.2) is 58.6 Å². The van der Waals surface area contributed by atoms with E-state index in [0.29, 0.717) is 5.91 Å². The third-order valence-corrected chi connectivity index (χ3v) is 7.52. The fourth-order valence-electron chi connectivity index (χ4n) is 5.00. The maximum atomic E-state index is 12.6. The standard InChI is InChI=1S/C20H31N3O2S/c1-15-18(26-16(2)21-15)14-22-10-4-7-20(9-11-22)8-6-19(24)23(20)13-17-5-3-12-25-17/h17H,3-14H2,1-2H3/t17-,20-/m0/s1. The average molecular weight is 378 g/mol. The Balaban J connectivity index is 1.42. The highest BCUT2D eigenvalue weighted by molar-refractivity contribution is 7.11. The normalized spacial score (nSPS) is 30.5. The van der Waals surface area contributed by atoms with Crippen LogP contribution in [0.5, 0.6) is 0 Å². The fourth-order valence-corrected chi connectivity index (χ4v) is 5.98. The molecule has 1 aromatic rings. The van der Waals surface area contributed by atoms with Crippen LogP contribution in [0.15, 0.2) is 0 Å². The van der Waals surface area contributed by atoms with Crippen molar-refractivity contribution in [3.8, 4) is 0 Å². The predicted molar refractivity (Wildman–Crippen MR) is 103 cm³/mol. The molecule has 0 saturated carbocycles. The molecular weight excluding hydrogens is 346 g/mol. The second-order valence-corrected chi connectivity index (χ2v) is 9.52. The number of carbonyl (C=O) groups excluding carboxylic acids is 1. The van der Waals surface area contributed by atoms with Crippen molar-refractivity contribution < 1.29 is 9.53 Å². The number of thiazole rings is 1. The van der Waals surface area contributed by atoms with E-state index in [9.17, 15) is 4.79 Å². The number of carbonyl (C=O) groups is 1. The SMILES string of the molecule is Cc1nc(C)c(CN2CCC[C@]3(CCC(=O)N3C[C@@H]3CCCO3)CC2)s1. The summed E-state index contributed by atoms with van der Waals surface area (Å²) in [4.78, 5) is 23.4. The highest BCUT2D eigenvalue weighted by Crippen LogP contribution is 2.40. The number of amides is 1. The summed E-state index contributed by atoms with van der Waals surface area (Å²) in [6.07, 6.45) is 7.68. The van der Waals surface area contributed by atoms with Gasteiger partial charge in [0.1, 0.15) is 0 Å². The van der Waals surface area contributed by atoms with Crippen LogP contribution in [0.2, 0.25) is 0 Å². The van der Waals surface area contributed by atoms with Crippen molar-refractivity contribution in [1.82, 2.24) is 14.8 Å². The molecule has 4 rings (SSSR count). The largest absolute Gasteiger partial charge is 0.376 e. The lowest BCUT2D eigenvalue weighted by Crippen LogP contribution is -2.49. The highest BCUT2D eigenvalue weighted by Gasteiger charge is 2.46. The first-order valence-corrected chi connectivity index (χ1v) is 10.9. The molecule has 2 atom stereocenters. The molecule has 144 valence electrons. The van der Waals surface area contributed by atoms with Gasteiger partial charge in [0.05, 0.1) is 16.8 Å². The average Bonchev–Trinajstić information content (AvgIpc) is 3.26. The lowest BCUT2D eigenvalue weighted by molar-refractivity contribution is -0.133. The molecule has 0 bridgehead atoms. The molecule has 6 heteroatoms. The van der Waals surface area contributed by atoms with Crippen molar-refractivity contribution in [1.29, 1.82) is 0 Å². The first-order valence-electron chi connectivity index (χ1n) is 10.1. The van der Waals surface area contributed by atoms with E-state index in [1.807, 2.05) is 11.3 Å². The van der Waals surface area contributed by atoms with Gasteiger partial charge in [0.25, 0.3) is 0 Å². The molecule has 26 heavy (non-hydrogen) atoms. The lowest BCUT2D eigenvalue weighted by atomic mass is 9.87. The van der Waals surface area contributed by atoms with Gasteiger partial charge in [-0.05, 0) is 58.9 Å². The number of nitrogens with zero attached hydrogens (tertiary/aromatic N) is 3. The number of likely N-dealkylation sites (tertiary alicyclic amines) is 2. The molecule has 3 fully saturated rings. The van der Waals surface area contributed by atoms with Gasteiger partial charge >= 0.3 is 0 Å². The van der Waals surface area contributed by atoms with Gasteiger partial charge in [0, 0.05) is 43.1 Å². The van der Waals surface area contributed by atoms with Crippen molar-refractivity contribution in [2.45, 2.75) is 77.0 Å². The summed E-state index contributed by atoms with van der Waals surface area (Å²) in [6, 6.07) is 0. The smallest absolute Gasteiger partial charge is 0.223 e. The Morgan fingerprint density at radius 3 is 2.85 bits per heavy atom. The van der Waals surface area contributed by atoms with Gasteiger partial charge in [-0.25, -0.2) is 4.98 Å². The number of hydrogen-bond acceptors (Lipinski definition) is 5. The molecule has 3 saturated heterocycles. The quantitative estimate of drug-likeness (QED) is 0.808. The third-order valence-electron chi connectivity index (χ3n) is 6.46. The molecule has 0 aromatic carbocycles. The number of rotatable bonds is 4. The van der Waals surface area contributed by atoms with Gasteiger partial charge in [0.2, 0.25) is 5.91 Å². The van der Waals surface area contributed by atoms with E-state index in [2.05, 4.69) is 28.6 Å². The number of hydrogen-bond donors (Lipinski definition) is 0. The molecule has 1 spiro atoms. The van der Waals surface area contributed by atoms with E-state index < -0.39 is 0 Å². The summed E-state index contributed by atoms with van der Waals surface area (Å²) in [5.74, 6) is 0.350. The van der Waals surface area contributed by atoms with Crippen molar-refractivity contribution in [3.05, 3.63) is 15.6 Å². The van der Waals surface area contributed by atoms with Crippen LogP contribution in [0.4, 0.5) is 0 Å². The first kappa shape index (κ1) is 18.4. The van der Waals surface area contributed by atoms with Gasteiger partial charge in [-0.2, -0.15) is 0 Å². The van der Waals surface area contributed by atoms with Gasteiger partial charge in [-0.3, -0.25) is 9.69 Å². The Hall–Kier alpha value is -0.980. The van der Waals surface area contributed by atoms with E-state index in [1.165, 1.54) is 17.0 Å². The number of aromatic nitrogens is 1. The van der Waals surface area contributed by atoms with E-state index in [1.54, 1.807) is 0 Å². The van der Waals surface area contributed by atoms with Crippen LogP contribution in [0.3, 0.4) is 0 Å². The van der Waals surface area contributed by atoms with E-state index in [0.717, 1.165) is 76.3 Å². The minimum absolute atomic E-state index is 0.0798. The molecule has 0 radical (unpaired) electrons. The van der Waals surface area contributed by atoms with Crippen LogP contribution < -0.4 is 0 Å². The molecule has 0 unspecified atom stereocenters. The number of ether oxygens (including phenoxy) is 1. The van der Waals surface area contributed by atoms with Crippen LogP contribution >= 0.6 is 11.3 Å². The maximum Gasteiger partial charge on any atom is 0.223 e. The highest BCUT2D eigenvalue weighted by atomic mass is 32.1. The Kier molecular flexibility index (Phi) is 5.35. The zero-order valence-electron chi connectivity index (χ0n) is 16.1. The molecular formula is C20H31N3O2S. The van der Waals surface area contributed by atoms with Crippen LogP contribution in [0.25, 0.3) is 0 Å². The summed E-state index contributed by atoms with van der Waals surface area (Å²) in [5, 5.41) is 1.16. The van der Waals surface area contributed by atoms with Gasteiger partial charge < -0.3 is 9.64 Å². The molecule has 1 aromatic heterocycles. The monoisotopic (exact) mass is 377 g/mol. The molecule has 3 aliphatic heterocycles. The predicted octanol–water partition coefficient (Wildman–Crippen LogP) is 3.29. The summed E-state index contributed by atoms with van der Waals surface area (Å²) >= 11 is 1.83. The fraction of sp³-hybridized carbons (Fsp3) is 0.800. The molecule has 4 heterocycles. The maximum absolute atomic E-state index is 12.6. The van der Waals surface area contributed by atoms with Crippen LogP contribution in [0.1, 0.15) is 60.5 Å². The summed E-state index contributed by atoms with van der Waals surface area (Å²) in [6.45, 7) is 9.09. The topological polar surface area (TPSA) is 45.7 Å². The first-order chi connectivity index (χ1) is 12.6. The Morgan fingerprint density at radius 2 is 2.12 bits per heavy atom. The third kappa shape index (κ3) is 3.69. The van der Waals surface area contributed by atoms with Crippen molar-refractivity contribution in [3.63, 3.8) is 0 Å².